The van der Waals surface area contributed by atoms with E-state index in [2.05, 4.69) is 50.3 Å². The zero-order valence-electron chi connectivity index (χ0n) is 44.6. The molecule has 0 saturated heterocycles. The predicted molar refractivity (Wildman–Crippen MR) is 289 cm³/mol. The van der Waals surface area contributed by atoms with Crippen LogP contribution in [0.25, 0.3) is 0 Å². The Hall–Kier alpha value is -1.77. The number of esters is 2. The summed E-state index contributed by atoms with van der Waals surface area (Å²) in [6.07, 6.45) is 64.8. The Labute approximate surface area is 420 Å². The van der Waals surface area contributed by atoms with E-state index in [1.165, 1.54) is 199 Å². The second kappa shape index (κ2) is 54.6. The molecule has 0 aromatic rings. The van der Waals surface area contributed by atoms with Crippen LogP contribution in [0.3, 0.4) is 0 Å². The van der Waals surface area contributed by atoms with Crippen LogP contribution < -0.4 is 5.73 Å². The number of carbonyl (C=O) groups excluding carboxylic acids is 2. The first-order chi connectivity index (χ1) is 33.3. The number of hydrogen-bond acceptors (Lipinski definition) is 8. The monoisotopic (exact) mass is 980 g/mol. The van der Waals surface area contributed by atoms with Gasteiger partial charge >= 0.3 is 19.8 Å². The van der Waals surface area contributed by atoms with Gasteiger partial charge in [-0.25, -0.2) is 4.57 Å². The summed E-state index contributed by atoms with van der Waals surface area (Å²) in [6.45, 7) is 3.78. The van der Waals surface area contributed by atoms with Crippen LogP contribution in [0.5, 0.6) is 0 Å². The number of carbonyl (C=O) groups is 2. The van der Waals surface area contributed by atoms with Gasteiger partial charge in [0.2, 0.25) is 0 Å². The molecule has 0 heterocycles. The highest BCUT2D eigenvalue weighted by Crippen LogP contribution is 2.43. The Morgan fingerprint density at radius 3 is 1.13 bits per heavy atom. The minimum atomic E-state index is -4.39. The van der Waals surface area contributed by atoms with Crippen LogP contribution >= 0.6 is 7.82 Å². The third kappa shape index (κ3) is 53.6. The molecule has 2 unspecified atom stereocenters. The van der Waals surface area contributed by atoms with Crippen LogP contribution in [0.4, 0.5) is 0 Å². The molecule has 0 saturated carbocycles. The molecule has 0 aromatic carbocycles. The number of phosphoric ester groups is 1. The summed E-state index contributed by atoms with van der Waals surface area (Å²) in [5, 5.41) is 0. The minimum absolute atomic E-state index is 0.0539. The van der Waals surface area contributed by atoms with Crippen LogP contribution in [0, 0.1) is 0 Å². The van der Waals surface area contributed by atoms with Crippen molar-refractivity contribution >= 4 is 19.8 Å². The van der Waals surface area contributed by atoms with Gasteiger partial charge in [0.25, 0.3) is 0 Å². The van der Waals surface area contributed by atoms with Crippen LogP contribution in [0.15, 0.2) is 36.5 Å². The van der Waals surface area contributed by atoms with Crippen molar-refractivity contribution in [1.82, 2.24) is 0 Å². The van der Waals surface area contributed by atoms with Gasteiger partial charge in [-0.2, -0.15) is 0 Å². The molecule has 2 atom stereocenters. The maximum Gasteiger partial charge on any atom is 0.472 e. The van der Waals surface area contributed by atoms with E-state index in [9.17, 15) is 19.0 Å². The van der Waals surface area contributed by atoms with E-state index < -0.39 is 26.5 Å². The molecule has 0 amide bonds. The number of rotatable bonds is 55. The molecule has 400 valence electrons. The summed E-state index contributed by atoms with van der Waals surface area (Å²) in [5.41, 5.74) is 5.38. The van der Waals surface area contributed by atoms with Crippen LogP contribution in [0.2, 0.25) is 0 Å². The Bertz CT molecular complexity index is 1210. The molecule has 0 aliphatic carbocycles. The summed E-state index contributed by atoms with van der Waals surface area (Å²) in [5.74, 6) is -0.818. The first-order valence-corrected chi connectivity index (χ1v) is 30.5. The van der Waals surface area contributed by atoms with Crippen LogP contribution in [0.1, 0.15) is 290 Å². The number of unbranched alkanes of at least 4 members (excludes halogenated alkanes) is 36. The fourth-order valence-electron chi connectivity index (χ4n) is 8.47. The van der Waals surface area contributed by atoms with Crippen LogP contribution in [-0.2, 0) is 32.7 Å². The molecule has 0 bridgehead atoms. The topological polar surface area (TPSA) is 134 Å². The lowest BCUT2D eigenvalue weighted by atomic mass is 10.0. The molecule has 0 spiro atoms. The molecule has 0 fully saturated rings. The van der Waals surface area contributed by atoms with Crippen molar-refractivity contribution in [3.05, 3.63) is 36.5 Å². The standard InChI is InChI=1S/C58H110NO8P/c1-3-5-7-9-11-13-15-17-19-21-23-25-27-28-29-31-33-35-37-39-41-43-45-47-49-51-58(61)67-56(55-66-68(62,63)65-53-52-59)54-64-57(60)50-48-46-44-42-40-38-36-34-32-30-26-24-22-20-18-16-14-12-10-8-6-4-2/h15,17,21,23,27-28,56H,3-14,16,18-20,22,24-26,29-55,59H2,1-2H3,(H,62,63)/b17-15-,23-21-,28-27-. The van der Waals surface area contributed by atoms with Crippen molar-refractivity contribution < 1.29 is 37.6 Å². The number of phosphoric acid groups is 1. The average Bonchev–Trinajstić information content (AvgIpc) is 3.33. The third-order valence-electron chi connectivity index (χ3n) is 12.8. The highest BCUT2D eigenvalue weighted by Gasteiger charge is 2.26. The SMILES string of the molecule is CCCCCCC/C=C\C/C=C\C/C=C\CCCCCCCCCCCCC(=O)OC(COC(=O)CCCCCCCCCCCCCCCCCCCCCCCC)COP(=O)(O)OCCN. The lowest BCUT2D eigenvalue weighted by molar-refractivity contribution is -0.161. The second-order valence-corrected chi connectivity index (χ2v) is 21.0. The highest BCUT2D eigenvalue weighted by molar-refractivity contribution is 7.47. The smallest absolute Gasteiger partial charge is 0.462 e. The van der Waals surface area contributed by atoms with E-state index in [1.54, 1.807) is 0 Å². The lowest BCUT2D eigenvalue weighted by Gasteiger charge is -2.19. The molecule has 0 radical (unpaired) electrons. The van der Waals surface area contributed by atoms with E-state index in [4.69, 9.17) is 24.3 Å². The molecule has 68 heavy (non-hydrogen) atoms. The summed E-state index contributed by atoms with van der Waals surface area (Å²) in [7, 11) is -4.39. The van der Waals surface area contributed by atoms with Gasteiger partial charge in [-0.3, -0.25) is 18.6 Å². The lowest BCUT2D eigenvalue weighted by Crippen LogP contribution is -2.29. The number of ether oxygens (including phenoxy) is 2. The maximum atomic E-state index is 12.7. The Morgan fingerprint density at radius 1 is 0.441 bits per heavy atom. The normalized spacial score (nSPS) is 13.3. The van der Waals surface area contributed by atoms with E-state index in [-0.39, 0.29) is 38.6 Å². The van der Waals surface area contributed by atoms with E-state index in [1.807, 2.05) is 0 Å². The largest absolute Gasteiger partial charge is 0.472 e. The van der Waals surface area contributed by atoms with Gasteiger partial charge in [0.05, 0.1) is 13.2 Å². The van der Waals surface area contributed by atoms with Crippen molar-refractivity contribution in [1.29, 1.82) is 0 Å². The zero-order chi connectivity index (χ0) is 49.5. The highest BCUT2D eigenvalue weighted by atomic mass is 31.2. The van der Waals surface area contributed by atoms with Gasteiger partial charge in [-0.05, 0) is 51.4 Å². The molecule has 3 N–H and O–H groups in total. The Kier molecular flexibility index (Phi) is 53.1. The van der Waals surface area contributed by atoms with Crippen molar-refractivity contribution in [3.63, 3.8) is 0 Å². The minimum Gasteiger partial charge on any atom is -0.462 e. The Morgan fingerprint density at radius 2 is 0.765 bits per heavy atom. The van der Waals surface area contributed by atoms with E-state index in [0.29, 0.717) is 6.42 Å². The molecule has 0 rings (SSSR count). The van der Waals surface area contributed by atoms with Crippen molar-refractivity contribution in [2.45, 2.75) is 296 Å². The molecule has 0 aliphatic heterocycles. The van der Waals surface area contributed by atoms with Gasteiger partial charge in [0.15, 0.2) is 6.10 Å². The maximum absolute atomic E-state index is 12.7. The third-order valence-corrected chi connectivity index (χ3v) is 13.8. The Balaban J connectivity index is 3.97. The summed E-state index contributed by atoms with van der Waals surface area (Å²) < 4.78 is 33.0. The van der Waals surface area contributed by atoms with Crippen molar-refractivity contribution in [2.75, 3.05) is 26.4 Å². The summed E-state index contributed by atoms with van der Waals surface area (Å²) in [4.78, 5) is 35.2. The quantitative estimate of drug-likeness (QED) is 0.0264. The molecule has 9 nitrogen and oxygen atoms in total. The molecule has 0 aromatic heterocycles. The number of allylic oxidation sites excluding steroid dienone is 6. The van der Waals surface area contributed by atoms with Crippen molar-refractivity contribution in [2.24, 2.45) is 5.73 Å². The molecular formula is C58H110NO8P. The van der Waals surface area contributed by atoms with Crippen molar-refractivity contribution in [3.8, 4) is 0 Å². The first kappa shape index (κ1) is 66.2. The first-order valence-electron chi connectivity index (χ1n) is 29.0. The summed E-state index contributed by atoms with van der Waals surface area (Å²) >= 11 is 0. The zero-order valence-corrected chi connectivity index (χ0v) is 45.5. The second-order valence-electron chi connectivity index (χ2n) is 19.5. The molecule has 10 heteroatoms. The van der Waals surface area contributed by atoms with Gasteiger partial charge < -0.3 is 20.1 Å². The van der Waals surface area contributed by atoms with Gasteiger partial charge in [0.1, 0.15) is 6.61 Å². The number of hydrogen-bond donors (Lipinski definition) is 2. The van der Waals surface area contributed by atoms with E-state index >= 15 is 0 Å². The van der Waals surface area contributed by atoms with E-state index in [0.717, 1.165) is 57.8 Å². The predicted octanol–water partition coefficient (Wildman–Crippen LogP) is 18.0. The average molecular weight is 980 g/mol. The van der Waals surface area contributed by atoms with Gasteiger partial charge in [-0.1, -0.05) is 262 Å². The molecule has 0 aliphatic rings. The van der Waals surface area contributed by atoms with Crippen LogP contribution in [-0.4, -0.2) is 49.3 Å². The van der Waals surface area contributed by atoms with Gasteiger partial charge in [0, 0.05) is 19.4 Å². The summed E-state index contributed by atoms with van der Waals surface area (Å²) in [6, 6.07) is 0. The number of nitrogens with two attached hydrogens (primary N) is 1. The fraction of sp³-hybridized carbons (Fsp3) is 0.862. The van der Waals surface area contributed by atoms with Gasteiger partial charge in [-0.15, -0.1) is 0 Å². The molecular weight excluding hydrogens is 870 g/mol. The fourth-order valence-corrected chi connectivity index (χ4v) is 9.23.